The Hall–Kier alpha value is -3.55. The Labute approximate surface area is 214 Å². The number of nitrogens with two attached hydrogens (primary N) is 2. The summed E-state index contributed by atoms with van der Waals surface area (Å²) in [4.78, 5) is 29.5. The molecule has 6 N–H and O–H groups in total. The van der Waals surface area contributed by atoms with Gasteiger partial charge in [-0.05, 0) is 42.5 Å². The summed E-state index contributed by atoms with van der Waals surface area (Å²) in [6.45, 7) is 3.72. The molecule has 0 aliphatic rings. The average molecular weight is 496 g/mol. The van der Waals surface area contributed by atoms with E-state index < -0.39 is 6.04 Å². The van der Waals surface area contributed by atoms with Crippen molar-refractivity contribution >= 4 is 17.8 Å². The van der Waals surface area contributed by atoms with E-state index in [-0.39, 0.29) is 17.8 Å². The molecule has 0 heterocycles. The molecule has 0 aromatic heterocycles. The first-order valence-corrected chi connectivity index (χ1v) is 12.9. The topological polar surface area (TPSA) is 132 Å². The van der Waals surface area contributed by atoms with Crippen molar-refractivity contribution in [1.82, 2.24) is 10.6 Å². The maximum absolute atomic E-state index is 13.0. The fourth-order valence-corrected chi connectivity index (χ4v) is 3.68. The van der Waals surface area contributed by atoms with E-state index in [0.29, 0.717) is 31.9 Å². The third-order valence-electron chi connectivity index (χ3n) is 5.72. The van der Waals surface area contributed by atoms with Crippen LogP contribution < -0.4 is 26.8 Å². The van der Waals surface area contributed by atoms with Crippen molar-refractivity contribution in [1.29, 1.82) is 0 Å². The zero-order valence-electron chi connectivity index (χ0n) is 21.4. The SMILES string of the molecule is CCCCCC(=O)N[C@H](C(=O)NCCCCCCN=C(N)N)c1ccc(OCc2ccccc2)cc1. The Morgan fingerprint density at radius 1 is 0.917 bits per heavy atom. The van der Waals surface area contributed by atoms with Crippen LogP contribution in [0.15, 0.2) is 59.6 Å². The highest BCUT2D eigenvalue weighted by Crippen LogP contribution is 2.20. The van der Waals surface area contributed by atoms with E-state index in [4.69, 9.17) is 16.2 Å². The summed E-state index contributed by atoms with van der Waals surface area (Å²) in [5.74, 6) is 0.489. The summed E-state index contributed by atoms with van der Waals surface area (Å²) in [6.07, 6.45) is 6.93. The van der Waals surface area contributed by atoms with Crippen molar-refractivity contribution in [3.63, 3.8) is 0 Å². The monoisotopic (exact) mass is 495 g/mol. The lowest BCUT2D eigenvalue weighted by atomic mass is 10.0. The molecule has 0 unspecified atom stereocenters. The molecular weight excluding hydrogens is 454 g/mol. The van der Waals surface area contributed by atoms with Gasteiger partial charge in [0.05, 0.1) is 0 Å². The number of unbranched alkanes of at least 4 members (excludes halogenated alkanes) is 5. The number of guanidine groups is 1. The van der Waals surface area contributed by atoms with Crippen LogP contribution in [0.3, 0.4) is 0 Å². The molecular formula is C28H41N5O3. The Kier molecular flexibility index (Phi) is 13.5. The average Bonchev–Trinajstić information content (AvgIpc) is 2.88. The van der Waals surface area contributed by atoms with Gasteiger partial charge in [-0.1, -0.05) is 75.1 Å². The lowest BCUT2D eigenvalue weighted by Crippen LogP contribution is -2.40. The number of rotatable bonds is 17. The fraction of sp³-hybridized carbons (Fsp3) is 0.464. The van der Waals surface area contributed by atoms with Crippen molar-refractivity contribution < 1.29 is 14.3 Å². The number of carbonyl (C=O) groups is 2. The van der Waals surface area contributed by atoms with Crippen LogP contribution in [0.25, 0.3) is 0 Å². The quantitative estimate of drug-likeness (QED) is 0.150. The van der Waals surface area contributed by atoms with Crippen LogP contribution in [-0.4, -0.2) is 30.9 Å². The number of amides is 2. The van der Waals surface area contributed by atoms with E-state index >= 15 is 0 Å². The molecule has 0 radical (unpaired) electrons. The maximum Gasteiger partial charge on any atom is 0.247 e. The van der Waals surface area contributed by atoms with E-state index in [9.17, 15) is 9.59 Å². The Balaban J connectivity index is 1.90. The molecule has 2 rings (SSSR count). The number of hydrogen-bond acceptors (Lipinski definition) is 4. The van der Waals surface area contributed by atoms with Gasteiger partial charge in [-0.3, -0.25) is 14.6 Å². The summed E-state index contributed by atoms with van der Waals surface area (Å²) >= 11 is 0. The summed E-state index contributed by atoms with van der Waals surface area (Å²) in [5.41, 5.74) is 12.4. The highest BCUT2D eigenvalue weighted by molar-refractivity contribution is 5.88. The number of benzene rings is 2. The molecule has 2 amide bonds. The molecule has 8 heteroatoms. The van der Waals surface area contributed by atoms with Crippen LogP contribution in [0.5, 0.6) is 5.75 Å². The molecule has 2 aromatic rings. The first kappa shape index (κ1) is 28.7. The molecule has 8 nitrogen and oxygen atoms in total. The van der Waals surface area contributed by atoms with Crippen LogP contribution in [0.2, 0.25) is 0 Å². The minimum atomic E-state index is -0.746. The van der Waals surface area contributed by atoms with E-state index in [1.165, 1.54) is 0 Å². The molecule has 0 fully saturated rings. The van der Waals surface area contributed by atoms with Crippen molar-refractivity contribution in [2.45, 2.75) is 70.9 Å². The fourth-order valence-electron chi connectivity index (χ4n) is 3.68. The van der Waals surface area contributed by atoms with Gasteiger partial charge in [-0.15, -0.1) is 0 Å². The normalized spacial score (nSPS) is 11.4. The molecule has 1 atom stereocenters. The standard InChI is InChI=1S/C28H41N5O3/c1-2-3-7-14-25(34)33-26(27(35)31-19-10-4-5-11-20-32-28(29)30)23-15-17-24(18-16-23)36-21-22-12-8-6-9-13-22/h6,8-9,12-13,15-18,26H,2-5,7,10-11,14,19-21H2,1H3,(H,31,35)(H,33,34)(H4,29,30,32)/t26-/m0/s1. The van der Waals surface area contributed by atoms with Gasteiger partial charge in [0.15, 0.2) is 5.96 Å². The van der Waals surface area contributed by atoms with E-state index in [2.05, 4.69) is 22.5 Å². The van der Waals surface area contributed by atoms with Gasteiger partial charge in [0.1, 0.15) is 18.4 Å². The second kappa shape index (κ2) is 17.0. The van der Waals surface area contributed by atoms with E-state index in [0.717, 1.165) is 56.1 Å². The number of aliphatic imine (C=N–C) groups is 1. The largest absolute Gasteiger partial charge is 0.489 e. The minimum absolute atomic E-state index is 0.112. The number of nitrogens with one attached hydrogen (secondary N) is 2. The van der Waals surface area contributed by atoms with Crippen LogP contribution in [0.1, 0.15) is 75.5 Å². The zero-order valence-corrected chi connectivity index (χ0v) is 21.4. The van der Waals surface area contributed by atoms with Crippen molar-refractivity contribution in [2.75, 3.05) is 13.1 Å². The highest BCUT2D eigenvalue weighted by atomic mass is 16.5. The number of nitrogens with zero attached hydrogens (tertiary/aromatic N) is 1. The van der Waals surface area contributed by atoms with Crippen molar-refractivity contribution in [3.05, 3.63) is 65.7 Å². The number of hydrogen-bond donors (Lipinski definition) is 4. The van der Waals surface area contributed by atoms with E-state index in [1.807, 2.05) is 54.6 Å². The third kappa shape index (κ3) is 11.7. The second-order valence-corrected chi connectivity index (χ2v) is 8.81. The lowest BCUT2D eigenvalue weighted by molar-refractivity contribution is -0.129. The Morgan fingerprint density at radius 2 is 1.64 bits per heavy atom. The van der Waals surface area contributed by atoms with Crippen LogP contribution in [0.4, 0.5) is 0 Å². The molecule has 0 bridgehead atoms. The van der Waals surface area contributed by atoms with Crippen LogP contribution in [-0.2, 0) is 16.2 Å². The Bertz CT molecular complexity index is 928. The maximum atomic E-state index is 13.0. The number of carbonyl (C=O) groups excluding carboxylic acids is 2. The molecule has 0 aliphatic carbocycles. The smallest absolute Gasteiger partial charge is 0.247 e. The first-order valence-electron chi connectivity index (χ1n) is 12.9. The van der Waals surface area contributed by atoms with Gasteiger partial charge in [-0.25, -0.2) is 0 Å². The van der Waals surface area contributed by atoms with Crippen LogP contribution >= 0.6 is 0 Å². The van der Waals surface area contributed by atoms with Gasteiger partial charge in [0.2, 0.25) is 11.8 Å². The molecule has 0 saturated heterocycles. The van der Waals surface area contributed by atoms with Crippen molar-refractivity contribution in [3.8, 4) is 5.75 Å². The zero-order chi connectivity index (χ0) is 26.0. The van der Waals surface area contributed by atoms with Gasteiger partial charge in [-0.2, -0.15) is 0 Å². The molecule has 2 aromatic carbocycles. The van der Waals surface area contributed by atoms with Crippen LogP contribution in [0, 0.1) is 0 Å². The summed E-state index contributed by atoms with van der Waals surface area (Å²) in [5, 5.41) is 5.89. The Morgan fingerprint density at radius 3 is 2.33 bits per heavy atom. The summed E-state index contributed by atoms with van der Waals surface area (Å²) in [7, 11) is 0. The molecule has 0 spiro atoms. The highest BCUT2D eigenvalue weighted by Gasteiger charge is 2.22. The number of ether oxygens (including phenoxy) is 1. The third-order valence-corrected chi connectivity index (χ3v) is 5.72. The molecule has 0 saturated carbocycles. The van der Waals surface area contributed by atoms with E-state index in [1.54, 1.807) is 0 Å². The second-order valence-electron chi connectivity index (χ2n) is 8.81. The van der Waals surface area contributed by atoms with Gasteiger partial charge >= 0.3 is 0 Å². The molecule has 196 valence electrons. The lowest BCUT2D eigenvalue weighted by Gasteiger charge is -2.19. The first-order chi connectivity index (χ1) is 17.5. The minimum Gasteiger partial charge on any atom is -0.489 e. The molecule has 36 heavy (non-hydrogen) atoms. The predicted octanol–water partition coefficient (Wildman–Crippen LogP) is 3.95. The summed E-state index contributed by atoms with van der Waals surface area (Å²) < 4.78 is 5.86. The van der Waals surface area contributed by atoms with Gasteiger partial charge < -0.3 is 26.8 Å². The van der Waals surface area contributed by atoms with Gasteiger partial charge in [0, 0.05) is 19.5 Å². The predicted molar refractivity (Wildman–Crippen MR) is 144 cm³/mol. The molecule has 0 aliphatic heterocycles. The summed E-state index contributed by atoms with van der Waals surface area (Å²) in [6, 6.07) is 16.5. The van der Waals surface area contributed by atoms with Crippen molar-refractivity contribution in [2.24, 2.45) is 16.5 Å². The van der Waals surface area contributed by atoms with Gasteiger partial charge in [0.25, 0.3) is 0 Å².